The molecule has 4 aromatic carbocycles. The summed E-state index contributed by atoms with van der Waals surface area (Å²) < 4.78 is 6.37. The summed E-state index contributed by atoms with van der Waals surface area (Å²) in [5.74, 6) is 0.766. The fourth-order valence-electron chi connectivity index (χ4n) is 3.53. The van der Waals surface area contributed by atoms with Gasteiger partial charge in [-0.15, -0.1) is 0 Å². The summed E-state index contributed by atoms with van der Waals surface area (Å²) in [6.45, 7) is 0. The van der Waals surface area contributed by atoms with Gasteiger partial charge in [0, 0.05) is 5.56 Å². The van der Waals surface area contributed by atoms with Crippen LogP contribution >= 0.6 is 7.26 Å². The standard InChI is InChI=1S/C26H22O2P/c27-20-22-16-18-23(19-17-22)28-21-29(24-10-4-1-5-11-24,25-12-6-2-7-13-25)26-14-8-3-9-15-26/h1-20H,21H2/q+1. The van der Waals surface area contributed by atoms with E-state index in [1.807, 2.05) is 30.3 Å². The van der Waals surface area contributed by atoms with E-state index in [4.69, 9.17) is 4.74 Å². The Bertz CT molecular complexity index is 949. The molecule has 0 aromatic heterocycles. The quantitative estimate of drug-likeness (QED) is 0.330. The van der Waals surface area contributed by atoms with Gasteiger partial charge in [0.25, 0.3) is 0 Å². The highest BCUT2D eigenvalue weighted by molar-refractivity contribution is 7.95. The van der Waals surface area contributed by atoms with Gasteiger partial charge in [0.05, 0.1) is 0 Å². The van der Waals surface area contributed by atoms with Crippen LogP contribution in [0.3, 0.4) is 0 Å². The van der Waals surface area contributed by atoms with Crippen molar-refractivity contribution in [2.24, 2.45) is 0 Å². The first-order valence-corrected chi connectivity index (χ1v) is 11.5. The van der Waals surface area contributed by atoms with Gasteiger partial charge in [-0.1, -0.05) is 54.6 Å². The third-order valence-corrected chi connectivity index (χ3v) is 9.09. The van der Waals surface area contributed by atoms with E-state index in [1.54, 1.807) is 12.1 Å². The van der Waals surface area contributed by atoms with E-state index in [9.17, 15) is 4.79 Å². The second-order valence-corrected chi connectivity index (χ2v) is 10.2. The zero-order valence-electron chi connectivity index (χ0n) is 16.0. The summed E-state index contributed by atoms with van der Waals surface area (Å²) in [6, 6.07) is 39.2. The predicted octanol–water partition coefficient (Wildman–Crippen LogP) is 4.83. The number of aldehydes is 1. The zero-order chi connectivity index (χ0) is 19.9. The first-order chi connectivity index (χ1) is 14.3. The molecule has 0 aliphatic heterocycles. The van der Waals surface area contributed by atoms with Gasteiger partial charge in [0.15, 0.2) is 7.26 Å². The molecule has 0 heterocycles. The molecule has 0 radical (unpaired) electrons. The second-order valence-electron chi connectivity index (χ2n) is 6.78. The van der Waals surface area contributed by atoms with E-state index >= 15 is 0 Å². The highest BCUT2D eigenvalue weighted by Gasteiger charge is 2.46. The Balaban J connectivity index is 1.84. The number of carbonyl (C=O) groups is 1. The van der Waals surface area contributed by atoms with Gasteiger partial charge in [-0.2, -0.15) is 0 Å². The molecule has 0 bridgehead atoms. The van der Waals surface area contributed by atoms with Crippen LogP contribution in [0.25, 0.3) is 0 Å². The molecule has 0 unspecified atom stereocenters. The van der Waals surface area contributed by atoms with Crippen LogP contribution < -0.4 is 20.7 Å². The monoisotopic (exact) mass is 397 g/mol. The lowest BCUT2D eigenvalue weighted by atomic mass is 10.2. The van der Waals surface area contributed by atoms with Crippen molar-refractivity contribution in [1.29, 1.82) is 0 Å². The molecule has 4 aromatic rings. The van der Waals surface area contributed by atoms with Crippen LogP contribution in [-0.2, 0) is 0 Å². The Hall–Kier alpha value is -3.22. The number of ether oxygens (including phenoxy) is 1. The molecule has 0 spiro atoms. The maximum atomic E-state index is 11.0. The number of hydrogen-bond acceptors (Lipinski definition) is 2. The summed E-state index contributed by atoms with van der Waals surface area (Å²) in [5.41, 5.74) is 0.646. The van der Waals surface area contributed by atoms with Crippen molar-refractivity contribution in [2.75, 3.05) is 6.35 Å². The average molecular weight is 397 g/mol. The molecule has 2 nitrogen and oxygen atoms in total. The van der Waals surface area contributed by atoms with Crippen molar-refractivity contribution in [3.8, 4) is 5.75 Å². The SMILES string of the molecule is O=Cc1ccc(OC[P+](c2ccccc2)(c2ccccc2)c2ccccc2)cc1. The molecule has 4 rings (SSSR count). The van der Waals surface area contributed by atoms with Gasteiger partial charge in [0.2, 0.25) is 6.35 Å². The van der Waals surface area contributed by atoms with Crippen molar-refractivity contribution in [1.82, 2.24) is 0 Å². The zero-order valence-corrected chi connectivity index (χ0v) is 16.9. The van der Waals surface area contributed by atoms with Gasteiger partial charge >= 0.3 is 0 Å². The predicted molar refractivity (Wildman–Crippen MR) is 122 cm³/mol. The van der Waals surface area contributed by atoms with Gasteiger partial charge in [-0.05, 0) is 60.7 Å². The molecule has 0 amide bonds. The number of carbonyl (C=O) groups excluding carboxylic acids is 1. The van der Waals surface area contributed by atoms with Gasteiger partial charge in [-0.25, -0.2) is 0 Å². The fourth-order valence-corrected chi connectivity index (χ4v) is 7.26. The van der Waals surface area contributed by atoms with E-state index in [-0.39, 0.29) is 0 Å². The largest absolute Gasteiger partial charge is 0.458 e. The first-order valence-electron chi connectivity index (χ1n) is 9.56. The Morgan fingerprint density at radius 1 is 0.586 bits per heavy atom. The molecule has 0 saturated carbocycles. The van der Waals surface area contributed by atoms with E-state index in [1.165, 1.54) is 15.9 Å². The molecule has 0 N–H and O–H groups in total. The summed E-state index contributed by atoms with van der Waals surface area (Å²) in [6.07, 6.45) is 1.39. The van der Waals surface area contributed by atoms with Crippen molar-refractivity contribution in [2.45, 2.75) is 0 Å². The lowest BCUT2D eigenvalue weighted by molar-refractivity contribution is 0.112. The van der Waals surface area contributed by atoms with E-state index < -0.39 is 7.26 Å². The third-order valence-electron chi connectivity index (χ3n) is 5.03. The summed E-state index contributed by atoms with van der Waals surface area (Å²) in [7, 11) is -2.03. The van der Waals surface area contributed by atoms with Gasteiger partial charge in [-0.3, -0.25) is 4.79 Å². The number of hydrogen-bond donors (Lipinski definition) is 0. The average Bonchev–Trinajstić information content (AvgIpc) is 2.82. The Morgan fingerprint density at radius 3 is 1.38 bits per heavy atom. The van der Waals surface area contributed by atoms with Crippen LogP contribution in [0.5, 0.6) is 5.75 Å². The van der Waals surface area contributed by atoms with Crippen molar-refractivity contribution < 1.29 is 9.53 Å². The van der Waals surface area contributed by atoms with Crippen LogP contribution in [0.15, 0.2) is 115 Å². The smallest absolute Gasteiger partial charge is 0.210 e. The Kier molecular flexibility index (Phi) is 5.84. The normalized spacial score (nSPS) is 11.0. The first kappa shape index (κ1) is 19.1. The molecule has 0 aliphatic rings. The number of benzene rings is 4. The molecule has 3 heteroatoms. The molecule has 142 valence electrons. The van der Waals surface area contributed by atoms with E-state index in [0.717, 1.165) is 12.0 Å². The Labute approximate surface area is 172 Å². The van der Waals surface area contributed by atoms with Crippen molar-refractivity contribution in [3.63, 3.8) is 0 Å². The molecule has 29 heavy (non-hydrogen) atoms. The minimum absolute atomic E-state index is 0.547. The summed E-state index contributed by atoms with van der Waals surface area (Å²) in [5, 5.41) is 3.84. The highest BCUT2D eigenvalue weighted by atomic mass is 31.2. The molecule has 0 aliphatic carbocycles. The minimum Gasteiger partial charge on any atom is -0.458 e. The molecular formula is C26H22O2P+. The van der Waals surface area contributed by atoms with Crippen LogP contribution in [0, 0.1) is 0 Å². The van der Waals surface area contributed by atoms with Crippen LogP contribution in [-0.4, -0.2) is 12.6 Å². The van der Waals surface area contributed by atoms with Crippen molar-refractivity contribution >= 4 is 29.5 Å². The van der Waals surface area contributed by atoms with Crippen LogP contribution in [0.4, 0.5) is 0 Å². The van der Waals surface area contributed by atoms with E-state index in [2.05, 4.69) is 72.8 Å². The maximum absolute atomic E-state index is 11.0. The molecule has 0 fully saturated rings. The molecule has 0 saturated heterocycles. The molecule has 0 atom stereocenters. The lowest BCUT2D eigenvalue weighted by Gasteiger charge is -2.27. The minimum atomic E-state index is -2.03. The fraction of sp³-hybridized carbons (Fsp3) is 0.0385. The van der Waals surface area contributed by atoms with Crippen LogP contribution in [0.2, 0.25) is 0 Å². The van der Waals surface area contributed by atoms with Gasteiger partial charge < -0.3 is 4.74 Å². The number of rotatable bonds is 7. The third kappa shape index (κ3) is 3.99. The topological polar surface area (TPSA) is 26.3 Å². The summed E-state index contributed by atoms with van der Waals surface area (Å²) >= 11 is 0. The maximum Gasteiger partial charge on any atom is 0.210 e. The lowest BCUT2D eigenvalue weighted by Crippen LogP contribution is -2.35. The summed E-state index contributed by atoms with van der Waals surface area (Å²) in [4.78, 5) is 11.0. The highest BCUT2D eigenvalue weighted by Crippen LogP contribution is 2.55. The Morgan fingerprint density at radius 2 is 1.00 bits per heavy atom. The van der Waals surface area contributed by atoms with E-state index in [0.29, 0.717) is 11.9 Å². The van der Waals surface area contributed by atoms with Crippen LogP contribution in [0.1, 0.15) is 10.4 Å². The molecular weight excluding hydrogens is 375 g/mol. The van der Waals surface area contributed by atoms with Gasteiger partial charge in [0.1, 0.15) is 27.9 Å². The second kappa shape index (κ2) is 8.86. The van der Waals surface area contributed by atoms with Crippen molar-refractivity contribution in [3.05, 3.63) is 121 Å².